The molecule has 0 spiro atoms. The maximum Gasteiger partial charge on any atom is 0.252 e. The Bertz CT molecular complexity index is 731. The van der Waals surface area contributed by atoms with Gasteiger partial charge in [0.15, 0.2) is 0 Å². The van der Waals surface area contributed by atoms with Crippen LogP contribution in [0.15, 0.2) is 41.1 Å². The number of aromatic nitrogens is 2. The zero-order valence-corrected chi connectivity index (χ0v) is 12.0. The van der Waals surface area contributed by atoms with Gasteiger partial charge in [-0.2, -0.15) is 11.3 Å². The minimum Gasteiger partial charge on any atom is -0.345 e. The monoisotopic (exact) mass is 285 g/mol. The van der Waals surface area contributed by atoms with Gasteiger partial charge in [-0.25, -0.2) is 4.98 Å². The van der Waals surface area contributed by atoms with Crippen LogP contribution in [0, 0.1) is 0 Å². The van der Waals surface area contributed by atoms with E-state index in [1.54, 1.807) is 0 Å². The van der Waals surface area contributed by atoms with Gasteiger partial charge < -0.3 is 9.88 Å². The number of nitrogens with zero attached hydrogens (tertiary/aromatic N) is 2. The Morgan fingerprint density at radius 2 is 2.20 bits per heavy atom. The summed E-state index contributed by atoms with van der Waals surface area (Å²) in [5.74, 6) is 0.832. The Morgan fingerprint density at radius 3 is 2.95 bits per heavy atom. The summed E-state index contributed by atoms with van der Waals surface area (Å²) < 4.78 is 2.13. The van der Waals surface area contributed by atoms with E-state index in [-0.39, 0.29) is 5.91 Å². The van der Waals surface area contributed by atoms with E-state index >= 15 is 0 Å². The molecule has 2 aromatic heterocycles. The van der Waals surface area contributed by atoms with Crippen molar-refractivity contribution in [2.45, 2.75) is 20.0 Å². The van der Waals surface area contributed by atoms with Crippen LogP contribution < -0.4 is 5.32 Å². The minimum atomic E-state index is -0.0547. The van der Waals surface area contributed by atoms with Crippen LogP contribution in [0.3, 0.4) is 0 Å². The lowest BCUT2D eigenvalue weighted by Crippen LogP contribution is -2.24. The summed E-state index contributed by atoms with van der Waals surface area (Å²) in [6, 6.07) is 9.84. The molecule has 0 saturated heterocycles. The van der Waals surface area contributed by atoms with Crippen LogP contribution in [0.1, 0.15) is 23.1 Å². The number of fused-ring (bicyclic) bond motifs is 1. The van der Waals surface area contributed by atoms with Gasteiger partial charge in [0, 0.05) is 17.5 Å². The molecule has 3 rings (SSSR count). The zero-order valence-electron chi connectivity index (χ0n) is 11.2. The van der Waals surface area contributed by atoms with Crippen molar-refractivity contribution in [1.82, 2.24) is 14.9 Å². The van der Waals surface area contributed by atoms with Gasteiger partial charge in [-0.15, -0.1) is 0 Å². The number of rotatable bonds is 4. The second kappa shape index (κ2) is 5.46. The summed E-state index contributed by atoms with van der Waals surface area (Å²) in [4.78, 5) is 16.5. The number of hydrogen-bond donors (Lipinski definition) is 1. The van der Waals surface area contributed by atoms with E-state index in [2.05, 4.69) is 27.9 Å². The second-order valence-electron chi connectivity index (χ2n) is 4.46. The molecule has 0 aliphatic carbocycles. The van der Waals surface area contributed by atoms with Crippen molar-refractivity contribution in [3.8, 4) is 0 Å². The molecule has 3 aromatic rings. The lowest BCUT2D eigenvalue weighted by atomic mass is 10.3. The van der Waals surface area contributed by atoms with Crippen molar-refractivity contribution < 1.29 is 4.79 Å². The summed E-state index contributed by atoms with van der Waals surface area (Å²) >= 11 is 1.52. The van der Waals surface area contributed by atoms with Crippen LogP contribution in [-0.2, 0) is 13.1 Å². The Hall–Kier alpha value is -2.14. The van der Waals surface area contributed by atoms with Gasteiger partial charge in [0.25, 0.3) is 5.91 Å². The number of imidazole rings is 1. The first-order valence-electron chi connectivity index (χ1n) is 6.54. The number of carbonyl (C=O) groups is 1. The van der Waals surface area contributed by atoms with Gasteiger partial charge in [-0.1, -0.05) is 12.1 Å². The molecule has 0 fully saturated rings. The third-order valence-electron chi connectivity index (χ3n) is 3.24. The van der Waals surface area contributed by atoms with E-state index in [9.17, 15) is 4.79 Å². The molecule has 1 amide bonds. The van der Waals surface area contributed by atoms with Crippen LogP contribution in [0.25, 0.3) is 11.0 Å². The fourth-order valence-electron chi connectivity index (χ4n) is 2.27. The highest BCUT2D eigenvalue weighted by molar-refractivity contribution is 7.08. The van der Waals surface area contributed by atoms with E-state index in [1.165, 1.54) is 11.3 Å². The Balaban J connectivity index is 1.82. The highest BCUT2D eigenvalue weighted by atomic mass is 32.1. The number of amides is 1. The zero-order chi connectivity index (χ0) is 13.9. The van der Waals surface area contributed by atoms with Crippen LogP contribution in [0.4, 0.5) is 0 Å². The lowest BCUT2D eigenvalue weighted by Gasteiger charge is -2.07. The van der Waals surface area contributed by atoms with Crippen molar-refractivity contribution in [2.24, 2.45) is 0 Å². The highest BCUT2D eigenvalue weighted by Gasteiger charge is 2.11. The van der Waals surface area contributed by atoms with Gasteiger partial charge in [-0.05, 0) is 30.5 Å². The summed E-state index contributed by atoms with van der Waals surface area (Å²) in [7, 11) is 0. The van der Waals surface area contributed by atoms with Gasteiger partial charge >= 0.3 is 0 Å². The molecule has 0 atom stereocenters. The predicted molar refractivity (Wildman–Crippen MR) is 80.9 cm³/mol. The fraction of sp³-hybridized carbons (Fsp3) is 0.200. The first-order valence-corrected chi connectivity index (χ1v) is 7.48. The summed E-state index contributed by atoms with van der Waals surface area (Å²) in [5, 5.41) is 6.67. The molecule has 2 heterocycles. The van der Waals surface area contributed by atoms with Crippen LogP contribution >= 0.6 is 11.3 Å². The molecule has 0 aliphatic rings. The first kappa shape index (κ1) is 12.9. The molecule has 1 N–H and O–H groups in total. The molecule has 0 unspecified atom stereocenters. The van der Waals surface area contributed by atoms with Crippen LogP contribution in [0.5, 0.6) is 0 Å². The average molecular weight is 285 g/mol. The number of aryl methyl sites for hydroxylation is 1. The molecule has 0 radical (unpaired) electrons. The van der Waals surface area contributed by atoms with E-state index in [0.717, 1.165) is 23.4 Å². The number of benzene rings is 1. The summed E-state index contributed by atoms with van der Waals surface area (Å²) in [6.07, 6.45) is 0. The topological polar surface area (TPSA) is 46.9 Å². The number of hydrogen-bond acceptors (Lipinski definition) is 3. The van der Waals surface area contributed by atoms with E-state index in [1.807, 2.05) is 35.0 Å². The third-order valence-corrected chi connectivity index (χ3v) is 3.92. The molecule has 4 nitrogen and oxygen atoms in total. The molecular weight excluding hydrogens is 270 g/mol. The third kappa shape index (κ3) is 2.32. The molecule has 0 aliphatic heterocycles. The molecule has 1 aromatic carbocycles. The van der Waals surface area contributed by atoms with Crippen LogP contribution in [-0.4, -0.2) is 15.5 Å². The number of para-hydroxylation sites is 2. The van der Waals surface area contributed by atoms with Gasteiger partial charge in [-0.3, -0.25) is 4.79 Å². The van der Waals surface area contributed by atoms with Crippen molar-refractivity contribution >= 4 is 28.3 Å². The lowest BCUT2D eigenvalue weighted by molar-refractivity contribution is 0.0950. The molecule has 102 valence electrons. The molecule has 20 heavy (non-hydrogen) atoms. The fourth-order valence-corrected chi connectivity index (χ4v) is 2.90. The largest absolute Gasteiger partial charge is 0.345 e. The maximum atomic E-state index is 12.0. The number of nitrogens with one attached hydrogen (secondary N) is 1. The molecule has 0 bridgehead atoms. The SMILES string of the molecule is CCn1c(CNC(=O)c2ccsc2)nc2ccccc21. The Kier molecular flexibility index (Phi) is 3.52. The predicted octanol–water partition coefficient (Wildman–Crippen LogP) is 3.05. The average Bonchev–Trinajstić information content (AvgIpc) is 3.11. The molecule has 5 heteroatoms. The van der Waals surface area contributed by atoms with Crippen molar-refractivity contribution in [3.05, 3.63) is 52.5 Å². The standard InChI is InChI=1S/C15H15N3OS/c1-2-18-13-6-4-3-5-12(13)17-14(18)9-16-15(19)11-7-8-20-10-11/h3-8,10H,2,9H2,1H3,(H,16,19). The maximum absolute atomic E-state index is 12.0. The first-order chi connectivity index (χ1) is 9.79. The van der Waals surface area contributed by atoms with Crippen molar-refractivity contribution in [3.63, 3.8) is 0 Å². The summed E-state index contributed by atoms with van der Waals surface area (Å²) in [6.45, 7) is 3.36. The van der Waals surface area contributed by atoms with Crippen molar-refractivity contribution in [2.75, 3.05) is 0 Å². The minimum absolute atomic E-state index is 0.0547. The summed E-state index contributed by atoms with van der Waals surface area (Å²) in [5.41, 5.74) is 2.78. The van der Waals surface area contributed by atoms with Gasteiger partial charge in [0.05, 0.1) is 17.6 Å². The Labute approximate surface area is 121 Å². The smallest absolute Gasteiger partial charge is 0.252 e. The van der Waals surface area contributed by atoms with Crippen molar-refractivity contribution in [1.29, 1.82) is 0 Å². The van der Waals surface area contributed by atoms with Gasteiger partial charge in [0.1, 0.15) is 5.82 Å². The molecular formula is C15H15N3OS. The van der Waals surface area contributed by atoms with E-state index in [4.69, 9.17) is 0 Å². The van der Waals surface area contributed by atoms with Crippen LogP contribution in [0.2, 0.25) is 0 Å². The second-order valence-corrected chi connectivity index (χ2v) is 5.24. The Morgan fingerprint density at radius 1 is 1.35 bits per heavy atom. The number of thiophene rings is 1. The van der Waals surface area contributed by atoms with Gasteiger partial charge in [0.2, 0.25) is 0 Å². The van der Waals surface area contributed by atoms with E-state index < -0.39 is 0 Å². The quantitative estimate of drug-likeness (QED) is 0.801. The molecule has 0 saturated carbocycles. The normalized spacial score (nSPS) is 10.8. The highest BCUT2D eigenvalue weighted by Crippen LogP contribution is 2.16. The number of carbonyl (C=O) groups excluding carboxylic acids is 1. The van der Waals surface area contributed by atoms with E-state index in [0.29, 0.717) is 12.1 Å².